The van der Waals surface area contributed by atoms with Gasteiger partial charge >= 0.3 is 6.09 Å². The van der Waals surface area contributed by atoms with Crippen LogP contribution in [-0.2, 0) is 4.74 Å². The molecule has 0 radical (unpaired) electrons. The Kier molecular flexibility index (Phi) is 5.67. The van der Waals surface area contributed by atoms with Crippen LogP contribution in [0.5, 0.6) is 0 Å². The molecule has 0 atom stereocenters. The zero-order valence-electron chi connectivity index (χ0n) is 8.09. The predicted octanol–water partition coefficient (Wildman–Crippen LogP) is 0.695. The van der Waals surface area contributed by atoms with Crippen LogP contribution in [0.25, 0.3) is 0 Å². The molecule has 0 heterocycles. The number of amidine groups is 1. The molecule has 4 N–H and O–H groups in total. The first kappa shape index (κ1) is 11.7. The number of carbonyl (C=O) groups excluding carboxylic acids is 1. The van der Waals surface area contributed by atoms with E-state index in [1.54, 1.807) is 0 Å². The van der Waals surface area contributed by atoms with Crippen LogP contribution in [0.3, 0.4) is 0 Å². The Morgan fingerprint density at radius 3 is 2.69 bits per heavy atom. The van der Waals surface area contributed by atoms with Crippen LogP contribution in [0.15, 0.2) is 0 Å². The van der Waals surface area contributed by atoms with Gasteiger partial charge in [0.25, 0.3) is 0 Å². The summed E-state index contributed by atoms with van der Waals surface area (Å²) in [6.07, 6.45) is -0.0912. The number of alkyl carbamates (subject to hydrolysis) is 1. The van der Waals surface area contributed by atoms with Crippen LogP contribution in [0, 0.1) is 11.3 Å². The third-order valence-electron chi connectivity index (χ3n) is 1.21. The molecule has 0 aromatic carbocycles. The van der Waals surface area contributed by atoms with E-state index in [0.29, 0.717) is 25.5 Å². The van der Waals surface area contributed by atoms with Gasteiger partial charge in [-0.1, -0.05) is 13.8 Å². The van der Waals surface area contributed by atoms with E-state index in [-0.39, 0.29) is 5.84 Å². The number of nitrogens with two attached hydrogens (primary N) is 1. The van der Waals surface area contributed by atoms with E-state index in [0.717, 1.165) is 0 Å². The molecule has 0 fully saturated rings. The van der Waals surface area contributed by atoms with Crippen molar-refractivity contribution in [2.75, 3.05) is 13.2 Å². The van der Waals surface area contributed by atoms with Gasteiger partial charge in [-0.2, -0.15) is 0 Å². The van der Waals surface area contributed by atoms with Gasteiger partial charge in [0, 0.05) is 13.0 Å². The molecule has 0 rings (SSSR count). The molecule has 0 aliphatic rings. The molecule has 5 nitrogen and oxygen atoms in total. The molecular formula is C8H17N3O2. The Morgan fingerprint density at radius 2 is 2.23 bits per heavy atom. The standard InChI is InChI=1S/C8H17N3O2/c1-6(2)5-13-8(12)11-4-3-7(9)10/h6H,3-5H2,1-2H3,(H3,9,10)(H,11,12). The minimum absolute atomic E-state index is 0.0594. The van der Waals surface area contributed by atoms with Crippen molar-refractivity contribution in [3.8, 4) is 0 Å². The Balaban J connectivity index is 3.35. The van der Waals surface area contributed by atoms with Crippen LogP contribution in [0.2, 0.25) is 0 Å². The first-order valence-corrected chi connectivity index (χ1v) is 4.26. The van der Waals surface area contributed by atoms with Gasteiger partial charge in [0.05, 0.1) is 12.4 Å². The zero-order chi connectivity index (χ0) is 10.3. The Morgan fingerprint density at radius 1 is 1.62 bits per heavy atom. The summed E-state index contributed by atoms with van der Waals surface area (Å²) in [7, 11) is 0. The second-order valence-electron chi connectivity index (χ2n) is 3.19. The van der Waals surface area contributed by atoms with Crippen molar-refractivity contribution in [3.63, 3.8) is 0 Å². The summed E-state index contributed by atoms with van der Waals surface area (Å²) < 4.78 is 4.82. The number of hydrogen-bond donors (Lipinski definition) is 3. The van der Waals surface area contributed by atoms with Crippen molar-refractivity contribution >= 4 is 11.9 Å². The quantitative estimate of drug-likeness (QED) is 0.437. The maximum atomic E-state index is 10.9. The van der Waals surface area contributed by atoms with Crippen LogP contribution in [-0.4, -0.2) is 25.1 Å². The third-order valence-corrected chi connectivity index (χ3v) is 1.21. The van der Waals surface area contributed by atoms with Crippen molar-refractivity contribution < 1.29 is 9.53 Å². The van der Waals surface area contributed by atoms with Crippen molar-refractivity contribution in [1.29, 1.82) is 5.41 Å². The number of amides is 1. The average molecular weight is 187 g/mol. The van der Waals surface area contributed by atoms with Crippen molar-refractivity contribution in [1.82, 2.24) is 5.32 Å². The molecule has 0 saturated carbocycles. The largest absolute Gasteiger partial charge is 0.449 e. The van der Waals surface area contributed by atoms with E-state index in [4.69, 9.17) is 15.9 Å². The van der Waals surface area contributed by atoms with Gasteiger partial charge < -0.3 is 15.8 Å². The summed E-state index contributed by atoms with van der Waals surface area (Å²) >= 11 is 0. The van der Waals surface area contributed by atoms with Crippen LogP contribution >= 0.6 is 0 Å². The minimum atomic E-state index is -0.449. The molecule has 0 bridgehead atoms. The van der Waals surface area contributed by atoms with Crippen molar-refractivity contribution in [2.45, 2.75) is 20.3 Å². The number of carbonyl (C=O) groups is 1. The summed E-state index contributed by atoms with van der Waals surface area (Å²) in [5.41, 5.74) is 5.09. The maximum absolute atomic E-state index is 10.9. The van der Waals surface area contributed by atoms with E-state index < -0.39 is 6.09 Å². The summed E-state index contributed by atoms with van der Waals surface area (Å²) in [6.45, 7) is 4.68. The summed E-state index contributed by atoms with van der Waals surface area (Å²) in [4.78, 5) is 10.9. The van der Waals surface area contributed by atoms with Crippen molar-refractivity contribution in [2.24, 2.45) is 11.7 Å². The molecule has 1 amide bonds. The van der Waals surface area contributed by atoms with E-state index in [9.17, 15) is 4.79 Å². The molecule has 76 valence electrons. The molecule has 0 aromatic heterocycles. The normalized spacial score (nSPS) is 9.77. The topological polar surface area (TPSA) is 88.2 Å². The fraction of sp³-hybridized carbons (Fsp3) is 0.750. The monoisotopic (exact) mass is 187 g/mol. The summed E-state index contributed by atoms with van der Waals surface area (Å²) in [5, 5.41) is 9.38. The van der Waals surface area contributed by atoms with E-state index in [1.807, 2.05) is 13.8 Å². The molecule has 13 heavy (non-hydrogen) atoms. The molecule has 0 aromatic rings. The zero-order valence-corrected chi connectivity index (χ0v) is 8.09. The lowest BCUT2D eigenvalue weighted by molar-refractivity contribution is 0.133. The van der Waals surface area contributed by atoms with Gasteiger partial charge in [0.1, 0.15) is 0 Å². The molecule has 0 aliphatic carbocycles. The highest BCUT2D eigenvalue weighted by atomic mass is 16.5. The third kappa shape index (κ3) is 8.65. The first-order chi connectivity index (χ1) is 6.02. The summed E-state index contributed by atoms with van der Waals surface area (Å²) in [6, 6.07) is 0. The van der Waals surface area contributed by atoms with Crippen LogP contribution in [0.1, 0.15) is 20.3 Å². The van der Waals surface area contributed by atoms with Gasteiger partial charge in [-0.3, -0.25) is 5.41 Å². The SMILES string of the molecule is CC(C)COC(=O)NCCC(=N)N. The van der Waals surface area contributed by atoms with Crippen molar-refractivity contribution in [3.05, 3.63) is 0 Å². The van der Waals surface area contributed by atoms with Gasteiger partial charge in [-0.15, -0.1) is 0 Å². The number of rotatable bonds is 5. The fourth-order valence-electron chi connectivity index (χ4n) is 0.593. The lowest BCUT2D eigenvalue weighted by Crippen LogP contribution is -2.29. The predicted molar refractivity (Wildman–Crippen MR) is 50.7 cm³/mol. The van der Waals surface area contributed by atoms with E-state index in [1.165, 1.54) is 0 Å². The van der Waals surface area contributed by atoms with Gasteiger partial charge in [0.2, 0.25) is 0 Å². The molecule has 0 spiro atoms. The second-order valence-corrected chi connectivity index (χ2v) is 3.19. The molecular weight excluding hydrogens is 170 g/mol. The Bertz CT molecular complexity index is 180. The molecule has 0 aliphatic heterocycles. The molecule has 0 saturated heterocycles. The number of ether oxygens (including phenoxy) is 1. The van der Waals surface area contributed by atoms with Gasteiger partial charge in [-0.05, 0) is 5.92 Å². The highest BCUT2D eigenvalue weighted by Gasteiger charge is 2.02. The van der Waals surface area contributed by atoms with E-state index in [2.05, 4.69) is 5.32 Å². The maximum Gasteiger partial charge on any atom is 0.407 e. The lowest BCUT2D eigenvalue weighted by Gasteiger charge is -2.07. The highest BCUT2D eigenvalue weighted by Crippen LogP contribution is 1.92. The second kappa shape index (κ2) is 6.28. The summed E-state index contributed by atoms with van der Waals surface area (Å²) in [5.74, 6) is 0.391. The van der Waals surface area contributed by atoms with E-state index >= 15 is 0 Å². The Hall–Kier alpha value is -1.26. The average Bonchev–Trinajstić information content (AvgIpc) is 2.00. The number of nitrogens with one attached hydrogen (secondary N) is 2. The minimum Gasteiger partial charge on any atom is -0.449 e. The first-order valence-electron chi connectivity index (χ1n) is 4.26. The smallest absolute Gasteiger partial charge is 0.407 e. The number of hydrogen-bond acceptors (Lipinski definition) is 3. The van der Waals surface area contributed by atoms with Gasteiger partial charge in [-0.25, -0.2) is 4.79 Å². The Labute approximate surface area is 78.1 Å². The highest BCUT2D eigenvalue weighted by molar-refractivity contribution is 5.77. The molecule has 5 heteroatoms. The lowest BCUT2D eigenvalue weighted by atomic mass is 10.2. The van der Waals surface area contributed by atoms with Crippen LogP contribution < -0.4 is 11.1 Å². The molecule has 0 unspecified atom stereocenters. The van der Waals surface area contributed by atoms with Gasteiger partial charge in [0.15, 0.2) is 0 Å². The fourth-order valence-corrected chi connectivity index (χ4v) is 0.593. The van der Waals surface area contributed by atoms with Crippen LogP contribution in [0.4, 0.5) is 4.79 Å².